The summed E-state index contributed by atoms with van der Waals surface area (Å²) < 4.78 is 0. The third kappa shape index (κ3) is 3.08. The van der Waals surface area contributed by atoms with Gasteiger partial charge in [-0.05, 0) is 42.3 Å². The molecule has 0 unspecified atom stereocenters. The molecule has 122 valence electrons. The lowest BCUT2D eigenvalue weighted by Crippen LogP contribution is -2.28. The van der Waals surface area contributed by atoms with Crippen molar-refractivity contribution in [3.05, 3.63) is 65.4 Å². The van der Waals surface area contributed by atoms with Crippen LogP contribution in [0.1, 0.15) is 26.3 Å². The molecule has 3 aromatic rings. The highest BCUT2D eigenvalue weighted by atomic mass is 16.3. The van der Waals surface area contributed by atoms with Gasteiger partial charge in [0, 0.05) is 23.6 Å². The summed E-state index contributed by atoms with van der Waals surface area (Å²) in [6.07, 6.45) is 2.45. The van der Waals surface area contributed by atoms with Crippen LogP contribution in [0.2, 0.25) is 0 Å². The number of fused-ring (bicyclic) bond motifs is 1. The average molecular weight is 323 g/mol. The highest BCUT2D eigenvalue weighted by Crippen LogP contribution is 2.23. The van der Waals surface area contributed by atoms with Crippen LogP contribution in [0.5, 0.6) is 5.75 Å². The minimum atomic E-state index is -0.632. The standard InChI is InChI=1S/C18H17N3O3/c19-17(23)13-3-1-2-4-14(13)18(24)20-8-7-11-10-21-16-6-5-12(22)9-15(11)16/h1-6,9-10,21-22H,7-8H2,(H2,19,23)(H,20,24). The second kappa shape index (κ2) is 6.45. The number of phenolic OH excluding ortho intramolecular Hbond substituents is 1. The minimum absolute atomic E-state index is 0.197. The fourth-order valence-electron chi connectivity index (χ4n) is 2.68. The van der Waals surface area contributed by atoms with Crippen molar-refractivity contribution in [3.8, 4) is 5.75 Å². The van der Waals surface area contributed by atoms with Gasteiger partial charge < -0.3 is 21.1 Å². The van der Waals surface area contributed by atoms with E-state index in [0.29, 0.717) is 13.0 Å². The summed E-state index contributed by atoms with van der Waals surface area (Å²) in [6.45, 7) is 0.397. The summed E-state index contributed by atoms with van der Waals surface area (Å²) in [5.74, 6) is -0.775. The first kappa shape index (κ1) is 15.6. The summed E-state index contributed by atoms with van der Waals surface area (Å²) in [4.78, 5) is 26.8. The Hall–Kier alpha value is -3.28. The van der Waals surface area contributed by atoms with Gasteiger partial charge in [-0.25, -0.2) is 0 Å². The Kier molecular flexibility index (Phi) is 4.20. The zero-order valence-electron chi connectivity index (χ0n) is 12.9. The van der Waals surface area contributed by atoms with Crippen molar-refractivity contribution in [2.24, 2.45) is 5.73 Å². The molecule has 1 aromatic heterocycles. The Balaban J connectivity index is 1.69. The van der Waals surface area contributed by atoms with E-state index in [-0.39, 0.29) is 22.8 Å². The normalized spacial score (nSPS) is 10.7. The fourth-order valence-corrected chi connectivity index (χ4v) is 2.68. The van der Waals surface area contributed by atoms with Gasteiger partial charge in [0.2, 0.25) is 5.91 Å². The molecular weight excluding hydrogens is 306 g/mol. The Morgan fingerprint density at radius 3 is 2.62 bits per heavy atom. The first-order valence-electron chi connectivity index (χ1n) is 7.52. The van der Waals surface area contributed by atoms with E-state index in [1.807, 2.05) is 6.20 Å². The zero-order chi connectivity index (χ0) is 17.1. The number of primary amides is 1. The number of hydrogen-bond donors (Lipinski definition) is 4. The molecule has 0 aliphatic carbocycles. The van der Waals surface area contributed by atoms with Gasteiger partial charge in [-0.3, -0.25) is 9.59 Å². The number of benzene rings is 2. The first-order chi connectivity index (χ1) is 11.6. The lowest BCUT2D eigenvalue weighted by atomic mass is 10.1. The Morgan fingerprint density at radius 2 is 1.88 bits per heavy atom. The van der Waals surface area contributed by atoms with E-state index in [0.717, 1.165) is 16.5 Å². The predicted octanol–water partition coefficient (Wildman–Crippen LogP) is 1.94. The third-order valence-electron chi connectivity index (χ3n) is 3.87. The quantitative estimate of drug-likeness (QED) is 0.576. The van der Waals surface area contributed by atoms with E-state index in [1.54, 1.807) is 36.4 Å². The van der Waals surface area contributed by atoms with Crippen molar-refractivity contribution >= 4 is 22.7 Å². The molecule has 0 aliphatic rings. The maximum absolute atomic E-state index is 12.2. The largest absolute Gasteiger partial charge is 0.508 e. The van der Waals surface area contributed by atoms with Crippen LogP contribution in [0.4, 0.5) is 0 Å². The second-order valence-corrected chi connectivity index (χ2v) is 5.46. The monoisotopic (exact) mass is 323 g/mol. The molecule has 0 atom stereocenters. The number of carbonyl (C=O) groups excluding carboxylic acids is 2. The summed E-state index contributed by atoms with van der Waals surface area (Å²) in [5.41, 5.74) is 7.67. The van der Waals surface area contributed by atoms with Crippen LogP contribution in [0, 0.1) is 0 Å². The number of phenols is 1. The number of aromatic amines is 1. The van der Waals surface area contributed by atoms with Crippen molar-refractivity contribution in [2.75, 3.05) is 6.54 Å². The number of carbonyl (C=O) groups is 2. The van der Waals surface area contributed by atoms with Gasteiger partial charge in [-0.2, -0.15) is 0 Å². The third-order valence-corrected chi connectivity index (χ3v) is 3.87. The maximum Gasteiger partial charge on any atom is 0.252 e. The Labute approximate surface area is 138 Å². The molecule has 0 saturated heterocycles. The molecule has 2 aromatic carbocycles. The molecule has 0 spiro atoms. The van der Waals surface area contributed by atoms with Crippen molar-refractivity contribution in [1.29, 1.82) is 0 Å². The van der Waals surface area contributed by atoms with Crippen molar-refractivity contribution < 1.29 is 14.7 Å². The van der Waals surface area contributed by atoms with E-state index < -0.39 is 5.91 Å². The van der Waals surface area contributed by atoms with Crippen LogP contribution in [0.25, 0.3) is 10.9 Å². The van der Waals surface area contributed by atoms with Gasteiger partial charge in [0.1, 0.15) is 5.75 Å². The molecule has 0 aliphatic heterocycles. The van der Waals surface area contributed by atoms with E-state index in [1.165, 1.54) is 6.07 Å². The maximum atomic E-state index is 12.2. The van der Waals surface area contributed by atoms with Crippen LogP contribution < -0.4 is 11.1 Å². The van der Waals surface area contributed by atoms with Gasteiger partial charge in [0.25, 0.3) is 5.91 Å². The Bertz CT molecular complexity index is 915. The first-order valence-corrected chi connectivity index (χ1v) is 7.52. The number of nitrogens with two attached hydrogens (primary N) is 1. The molecule has 5 N–H and O–H groups in total. The van der Waals surface area contributed by atoms with Crippen molar-refractivity contribution in [3.63, 3.8) is 0 Å². The van der Waals surface area contributed by atoms with E-state index in [2.05, 4.69) is 10.3 Å². The molecule has 24 heavy (non-hydrogen) atoms. The zero-order valence-corrected chi connectivity index (χ0v) is 12.9. The van der Waals surface area contributed by atoms with Crippen molar-refractivity contribution in [1.82, 2.24) is 10.3 Å². The topological polar surface area (TPSA) is 108 Å². The number of amides is 2. The molecule has 0 saturated carbocycles. The lowest BCUT2D eigenvalue weighted by molar-refractivity contribution is 0.0936. The average Bonchev–Trinajstić information content (AvgIpc) is 2.97. The predicted molar refractivity (Wildman–Crippen MR) is 91.0 cm³/mol. The minimum Gasteiger partial charge on any atom is -0.508 e. The fraction of sp³-hybridized carbons (Fsp3) is 0.111. The van der Waals surface area contributed by atoms with E-state index in [9.17, 15) is 14.7 Å². The number of H-pyrrole nitrogens is 1. The number of rotatable bonds is 5. The van der Waals surface area contributed by atoms with Crippen molar-refractivity contribution in [2.45, 2.75) is 6.42 Å². The number of aromatic nitrogens is 1. The lowest BCUT2D eigenvalue weighted by Gasteiger charge is -2.08. The van der Waals surface area contributed by atoms with Gasteiger partial charge in [0.05, 0.1) is 11.1 Å². The molecule has 1 heterocycles. The second-order valence-electron chi connectivity index (χ2n) is 5.46. The summed E-state index contributed by atoms with van der Waals surface area (Å²) in [5, 5.41) is 13.3. The van der Waals surface area contributed by atoms with Gasteiger partial charge in [-0.1, -0.05) is 12.1 Å². The molecule has 0 fully saturated rings. The van der Waals surface area contributed by atoms with Gasteiger partial charge >= 0.3 is 0 Å². The van der Waals surface area contributed by atoms with Crippen LogP contribution in [0.15, 0.2) is 48.7 Å². The molecule has 6 nitrogen and oxygen atoms in total. The van der Waals surface area contributed by atoms with Crippen LogP contribution in [-0.4, -0.2) is 28.4 Å². The highest BCUT2D eigenvalue weighted by Gasteiger charge is 2.14. The number of hydrogen-bond acceptors (Lipinski definition) is 3. The smallest absolute Gasteiger partial charge is 0.252 e. The molecule has 3 rings (SSSR count). The molecule has 0 bridgehead atoms. The highest BCUT2D eigenvalue weighted by molar-refractivity contribution is 6.06. The van der Waals surface area contributed by atoms with Crippen LogP contribution in [-0.2, 0) is 6.42 Å². The van der Waals surface area contributed by atoms with E-state index >= 15 is 0 Å². The Morgan fingerprint density at radius 1 is 1.12 bits per heavy atom. The van der Waals surface area contributed by atoms with E-state index in [4.69, 9.17) is 5.73 Å². The van der Waals surface area contributed by atoms with Crippen LogP contribution in [0.3, 0.4) is 0 Å². The summed E-state index contributed by atoms with van der Waals surface area (Å²) >= 11 is 0. The SMILES string of the molecule is NC(=O)c1ccccc1C(=O)NCCc1c[nH]c2ccc(O)cc12. The van der Waals surface area contributed by atoms with Gasteiger partial charge in [-0.15, -0.1) is 0 Å². The van der Waals surface area contributed by atoms with Crippen LogP contribution >= 0.6 is 0 Å². The molecule has 6 heteroatoms. The molecule has 2 amide bonds. The number of aromatic hydroxyl groups is 1. The summed E-state index contributed by atoms with van der Waals surface area (Å²) in [6, 6.07) is 11.5. The molecular formula is C18H17N3O3. The number of nitrogens with one attached hydrogen (secondary N) is 2. The van der Waals surface area contributed by atoms with Gasteiger partial charge in [0.15, 0.2) is 0 Å². The summed E-state index contributed by atoms with van der Waals surface area (Å²) in [7, 11) is 0. The molecule has 0 radical (unpaired) electrons.